The number of carbonyl (C=O) groups excluding carboxylic acids is 1. The molecular formula is C22H28N6O2. The van der Waals surface area contributed by atoms with E-state index in [2.05, 4.69) is 49.4 Å². The maximum Gasteiger partial charge on any atom is 0.263 e. The van der Waals surface area contributed by atoms with Gasteiger partial charge in [-0.2, -0.15) is 4.98 Å². The number of amides is 1. The van der Waals surface area contributed by atoms with Gasteiger partial charge in [0.15, 0.2) is 0 Å². The Labute approximate surface area is 176 Å². The fraction of sp³-hybridized carbons (Fsp3) is 0.455. The molecule has 0 aliphatic carbocycles. The fourth-order valence-corrected chi connectivity index (χ4v) is 3.98. The van der Waals surface area contributed by atoms with E-state index in [-0.39, 0.29) is 11.8 Å². The summed E-state index contributed by atoms with van der Waals surface area (Å²) in [7, 11) is 2.08. The highest BCUT2D eigenvalue weighted by Gasteiger charge is 2.27. The number of fused-ring (bicyclic) bond motifs is 1. The summed E-state index contributed by atoms with van der Waals surface area (Å²) in [5.41, 5.74) is 2.50. The standard InChI is InChI=1S/C22H28N6O2/c1-16-19-20(24-15-25-22(19)30-26-16)28-13-9-17(10-14-28)21(29)23-11-6-12-27(2)18-7-4-3-5-8-18/h3-5,7-8,15,17H,6,9-14H2,1-2H3,(H,23,29). The zero-order valence-electron chi connectivity index (χ0n) is 17.5. The number of nitrogens with one attached hydrogen (secondary N) is 1. The molecule has 8 nitrogen and oxygen atoms in total. The predicted molar refractivity (Wildman–Crippen MR) is 117 cm³/mol. The molecule has 8 heteroatoms. The molecule has 158 valence electrons. The first-order valence-corrected chi connectivity index (χ1v) is 10.5. The lowest BCUT2D eigenvalue weighted by Gasteiger charge is -2.32. The van der Waals surface area contributed by atoms with E-state index in [4.69, 9.17) is 4.52 Å². The minimum absolute atomic E-state index is 0.0500. The molecule has 0 saturated carbocycles. The predicted octanol–water partition coefficient (Wildman–Crippen LogP) is 2.79. The number of para-hydroxylation sites is 1. The van der Waals surface area contributed by atoms with Gasteiger partial charge in [-0.15, -0.1) is 0 Å². The van der Waals surface area contributed by atoms with Crippen molar-refractivity contribution < 1.29 is 9.32 Å². The molecule has 1 aromatic carbocycles. The average Bonchev–Trinajstić information content (AvgIpc) is 3.18. The van der Waals surface area contributed by atoms with Gasteiger partial charge in [0.05, 0.1) is 5.69 Å². The van der Waals surface area contributed by atoms with Crippen molar-refractivity contribution >= 4 is 28.5 Å². The summed E-state index contributed by atoms with van der Waals surface area (Å²) in [6, 6.07) is 10.3. The molecule has 1 amide bonds. The van der Waals surface area contributed by atoms with Gasteiger partial charge >= 0.3 is 0 Å². The van der Waals surface area contributed by atoms with Gasteiger partial charge in [0.25, 0.3) is 5.71 Å². The number of nitrogens with zero attached hydrogens (tertiary/aromatic N) is 5. The Morgan fingerprint density at radius 1 is 1.23 bits per heavy atom. The lowest BCUT2D eigenvalue weighted by atomic mass is 9.95. The third-order valence-corrected chi connectivity index (χ3v) is 5.76. The lowest BCUT2D eigenvalue weighted by Crippen LogP contribution is -2.41. The third-order valence-electron chi connectivity index (χ3n) is 5.76. The van der Waals surface area contributed by atoms with Crippen LogP contribution in [0.25, 0.3) is 11.1 Å². The third kappa shape index (κ3) is 4.37. The van der Waals surface area contributed by atoms with Crippen LogP contribution in [-0.2, 0) is 4.79 Å². The minimum Gasteiger partial charge on any atom is -0.375 e. The van der Waals surface area contributed by atoms with E-state index in [1.54, 1.807) is 0 Å². The molecule has 1 fully saturated rings. The summed E-state index contributed by atoms with van der Waals surface area (Å²) in [5, 5.41) is 7.97. The molecule has 30 heavy (non-hydrogen) atoms. The van der Waals surface area contributed by atoms with Crippen molar-refractivity contribution in [2.75, 3.05) is 43.0 Å². The number of aryl methyl sites for hydroxylation is 1. The van der Waals surface area contributed by atoms with Gasteiger partial charge in [-0.1, -0.05) is 23.4 Å². The van der Waals surface area contributed by atoms with E-state index >= 15 is 0 Å². The van der Waals surface area contributed by atoms with E-state index in [0.29, 0.717) is 12.3 Å². The lowest BCUT2D eigenvalue weighted by molar-refractivity contribution is -0.125. The normalized spacial score (nSPS) is 14.8. The largest absolute Gasteiger partial charge is 0.375 e. The summed E-state index contributed by atoms with van der Waals surface area (Å²) in [4.78, 5) is 25.6. The highest BCUT2D eigenvalue weighted by atomic mass is 16.5. The van der Waals surface area contributed by atoms with Gasteiger partial charge < -0.3 is 19.6 Å². The Hall–Kier alpha value is -3.16. The molecule has 3 aromatic rings. The molecule has 0 unspecified atom stereocenters. The zero-order chi connectivity index (χ0) is 20.9. The van der Waals surface area contributed by atoms with Crippen molar-refractivity contribution in [3.63, 3.8) is 0 Å². The van der Waals surface area contributed by atoms with Crippen molar-refractivity contribution in [2.24, 2.45) is 5.92 Å². The molecule has 1 aliphatic heterocycles. The first-order valence-electron chi connectivity index (χ1n) is 10.5. The molecule has 4 rings (SSSR count). The van der Waals surface area contributed by atoms with Gasteiger partial charge in [0.1, 0.15) is 17.5 Å². The number of hydrogen-bond acceptors (Lipinski definition) is 7. The van der Waals surface area contributed by atoms with Crippen molar-refractivity contribution in [1.82, 2.24) is 20.4 Å². The monoisotopic (exact) mass is 408 g/mol. The second-order valence-corrected chi connectivity index (χ2v) is 7.81. The van der Waals surface area contributed by atoms with Crippen LogP contribution in [0.3, 0.4) is 0 Å². The Morgan fingerprint density at radius 3 is 2.77 bits per heavy atom. The van der Waals surface area contributed by atoms with E-state index in [9.17, 15) is 4.79 Å². The van der Waals surface area contributed by atoms with Crippen molar-refractivity contribution in [1.29, 1.82) is 0 Å². The number of carbonyl (C=O) groups is 1. The molecular weight excluding hydrogens is 380 g/mol. The van der Waals surface area contributed by atoms with Gasteiger partial charge in [-0.05, 0) is 38.3 Å². The molecule has 0 radical (unpaired) electrons. The van der Waals surface area contributed by atoms with Crippen LogP contribution in [0.2, 0.25) is 0 Å². The smallest absolute Gasteiger partial charge is 0.263 e. The van der Waals surface area contributed by atoms with Crippen molar-refractivity contribution in [2.45, 2.75) is 26.2 Å². The second-order valence-electron chi connectivity index (χ2n) is 7.81. The van der Waals surface area contributed by atoms with Crippen LogP contribution < -0.4 is 15.1 Å². The minimum atomic E-state index is 0.0500. The topological polar surface area (TPSA) is 87.4 Å². The number of aromatic nitrogens is 3. The van der Waals surface area contributed by atoms with Crippen LogP contribution >= 0.6 is 0 Å². The highest BCUT2D eigenvalue weighted by molar-refractivity contribution is 5.88. The van der Waals surface area contributed by atoms with Gasteiger partial charge in [-0.25, -0.2) is 4.98 Å². The van der Waals surface area contributed by atoms with E-state index < -0.39 is 0 Å². The van der Waals surface area contributed by atoms with Gasteiger partial charge in [0, 0.05) is 44.8 Å². The Kier molecular flexibility index (Phi) is 6.11. The van der Waals surface area contributed by atoms with Crippen LogP contribution in [0, 0.1) is 12.8 Å². The number of rotatable bonds is 7. The molecule has 0 bridgehead atoms. The maximum absolute atomic E-state index is 12.6. The SMILES string of the molecule is Cc1noc2ncnc(N3CCC(C(=O)NCCCN(C)c4ccccc4)CC3)c12. The number of piperidine rings is 1. The highest BCUT2D eigenvalue weighted by Crippen LogP contribution is 2.29. The molecule has 2 aromatic heterocycles. The molecule has 1 aliphatic rings. The van der Waals surface area contributed by atoms with E-state index in [0.717, 1.165) is 55.8 Å². The Balaban J connectivity index is 1.23. The fourth-order valence-electron chi connectivity index (χ4n) is 3.98. The van der Waals surface area contributed by atoms with Gasteiger partial charge in [0.2, 0.25) is 5.91 Å². The van der Waals surface area contributed by atoms with Crippen LogP contribution in [0.5, 0.6) is 0 Å². The molecule has 1 saturated heterocycles. The number of anilines is 2. The summed E-state index contributed by atoms with van der Waals surface area (Å²) < 4.78 is 5.24. The molecule has 1 N–H and O–H groups in total. The van der Waals surface area contributed by atoms with Crippen LogP contribution in [0.1, 0.15) is 25.0 Å². The molecule has 0 spiro atoms. The van der Waals surface area contributed by atoms with Crippen LogP contribution in [0.4, 0.5) is 11.5 Å². The number of hydrogen-bond donors (Lipinski definition) is 1. The molecule has 3 heterocycles. The summed E-state index contributed by atoms with van der Waals surface area (Å²) >= 11 is 0. The Bertz CT molecular complexity index is 982. The van der Waals surface area contributed by atoms with Crippen LogP contribution in [-0.4, -0.2) is 54.3 Å². The summed E-state index contributed by atoms with van der Waals surface area (Å²) in [5.74, 6) is 1.06. The summed E-state index contributed by atoms with van der Waals surface area (Å²) in [6.07, 6.45) is 4.05. The molecule has 0 atom stereocenters. The zero-order valence-corrected chi connectivity index (χ0v) is 17.5. The first-order chi connectivity index (χ1) is 14.6. The van der Waals surface area contributed by atoms with E-state index in [1.807, 2.05) is 25.1 Å². The van der Waals surface area contributed by atoms with Crippen LogP contribution in [0.15, 0.2) is 41.2 Å². The van der Waals surface area contributed by atoms with E-state index in [1.165, 1.54) is 12.0 Å². The number of benzene rings is 1. The summed E-state index contributed by atoms with van der Waals surface area (Å²) in [6.45, 7) is 5.07. The quantitative estimate of drug-likeness (QED) is 0.602. The van der Waals surface area contributed by atoms with Crippen molar-refractivity contribution in [3.05, 3.63) is 42.4 Å². The van der Waals surface area contributed by atoms with Crippen molar-refractivity contribution in [3.8, 4) is 0 Å². The average molecular weight is 409 g/mol. The maximum atomic E-state index is 12.6. The first kappa shape index (κ1) is 20.1. The van der Waals surface area contributed by atoms with Gasteiger partial charge in [-0.3, -0.25) is 4.79 Å². The second kappa shape index (κ2) is 9.11. The Morgan fingerprint density at radius 2 is 2.00 bits per heavy atom.